The Balaban J connectivity index is 1.92. The summed E-state index contributed by atoms with van der Waals surface area (Å²) in [5.74, 6) is -3.19. The number of nitrogens with one attached hydrogen (secondary N) is 2. The Kier molecular flexibility index (Phi) is 3.89. The summed E-state index contributed by atoms with van der Waals surface area (Å²) in [5.41, 5.74) is 0. The third-order valence-electron chi connectivity index (χ3n) is 2.81. The van der Waals surface area contributed by atoms with Gasteiger partial charge in [-0.15, -0.1) is 11.3 Å². The lowest BCUT2D eigenvalue weighted by Crippen LogP contribution is -2.41. The Bertz CT molecular complexity index is 452. The molecule has 100 valence electrons. The summed E-state index contributed by atoms with van der Waals surface area (Å²) in [6.07, 6.45) is -0.448. The third-order valence-corrected chi connectivity index (χ3v) is 4.22. The van der Waals surface area contributed by atoms with E-state index in [0.29, 0.717) is 4.34 Å². The first-order valence-electron chi connectivity index (χ1n) is 5.54. The largest absolute Gasteiger partial charge is 0.347 e. The van der Waals surface area contributed by atoms with Gasteiger partial charge in [-0.3, -0.25) is 10.1 Å². The summed E-state index contributed by atoms with van der Waals surface area (Å²) >= 11 is 7.16. The molecule has 1 fully saturated rings. The van der Waals surface area contributed by atoms with Crippen molar-refractivity contribution in [3.63, 3.8) is 0 Å². The molecule has 1 aromatic rings. The second kappa shape index (κ2) is 5.11. The molecule has 2 unspecified atom stereocenters. The fourth-order valence-electron chi connectivity index (χ4n) is 1.85. The van der Waals surface area contributed by atoms with Crippen LogP contribution in [-0.4, -0.2) is 24.4 Å². The molecule has 0 bridgehead atoms. The first-order chi connectivity index (χ1) is 8.37. The first kappa shape index (κ1) is 13.7. The molecule has 2 rings (SSSR count). The second-order valence-electron chi connectivity index (χ2n) is 4.37. The van der Waals surface area contributed by atoms with E-state index in [9.17, 15) is 13.6 Å². The predicted molar refractivity (Wildman–Crippen MR) is 67.2 cm³/mol. The summed E-state index contributed by atoms with van der Waals surface area (Å²) in [7, 11) is 0. The summed E-state index contributed by atoms with van der Waals surface area (Å²) in [4.78, 5) is 12.7. The molecule has 1 aliphatic heterocycles. The highest BCUT2D eigenvalue weighted by Crippen LogP contribution is 2.28. The van der Waals surface area contributed by atoms with Gasteiger partial charge in [0.05, 0.1) is 23.0 Å². The molecule has 2 heterocycles. The maximum absolute atomic E-state index is 13.0. The highest BCUT2D eigenvalue weighted by Gasteiger charge is 2.42. The molecule has 7 heteroatoms. The van der Waals surface area contributed by atoms with Crippen molar-refractivity contribution in [2.75, 3.05) is 6.54 Å². The Hall–Kier alpha value is -0.720. The van der Waals surface area contributed by atoms with Gasteiger partial charge in [0.1, 0.15) is 0 Å². The normalized spacial score (nSPS) is 23.9. The standard InChI is InChI=1S/C11H13ClF2N2OS/c1-6(8-2-3-9(12)18-8)16-10(17)7-4-11(13,14)5-15-7/h2-3,6-7,15H,4-5H2,1H3,(H,16,17). The van der Waals surface area contributed by atoms with Crippen molar-refractivity contribution in [3.8, 4) is 0 Å². The lowest BCUT2D eigenvalue weighted by molar-refractivity contribution is -0.124. The van der Waals surface area contributed by atoms with Crippen molar-refractivity contribution in [2.45, 2.75) is 31.4 Å². The second-order valence-corrected chi connectivity index (χ2v) is 6.11. The van der Waals surface area contributed by atoms with Crippen LogP contribution in [0.2, 0.25) is 4.34 Å². The molecule has 0 spiro atoms. The SMILES string of the molecule is CC(NC(=O)C1CC(F)(F)CN1)c1ccc(Cl)s1. The van der Waals surface area contributed by atoms with E-state index in [1.165, 1.54) is 11.3 Å². The monoisotopic (exact) mass is 294 g/mol. The minimum Gasteiger partial charge on any atom is -0.347 e. The van der Waals surface area contributed by atoms with Gasteiger partial charge in [-0.05, 0) is 19.1 Å². The van der Waals surface area contributed by atoms with Crippen LogP contribution in [0.15, 0.2) is 12.1 Å². The lowest BCUT2D eigenvalue weighted by atomic mass is 10.1. The van der Waals surface area contributed by atoms with Crippen molar-refractivity contribution >= 4 is 28.8 Å². The van der Waals surface area contributed by atoms with Crippen LogP contribution in [0.4, 0.5) is 8.78 Å². The number of thiophene rings is 1. The molecule has 0 radical (unpaired) electrons. The van der Waals surface area contributed by atoms with Crippen LogP contribution in [0, 0.1) is 0 Å². The van der Waals surface area contributed by atoms with Gasteiger partial charge in [0, 0.05) is 11.3 Å². The average Bonchev–Trinajstić information content (AvgIpc) is 2.84. The predicted octanol–water partition coefficient (Wildman–Crippen LogP) is 2.58. The van der Waals surface area contributed by atoms with Gasteiger partial charge in [0.25, 0.3) is 5.92 Å². The highest BCUT2D eigenvalue weighted by molar-refractivity contribution is 7.16. The van der Waals surface area contributed by atoms with Gasteiger partial charge in [0.15, 0.2) is 0 Å². The van der Waals surface area contributed by atoms with E-state index in [2.05, 4.69) is 10.6 Å². The number of carbonyl (C=O) groups is 1. The number of amides is 1. The maximum atomic E-state index is 13.0. The fourth-order valence-corrected chi connectivity index (χ4v) is 2.91. The van der Waals surface area contributed by atoms with Crippen LogP contribution < -0.4 is 10.6 Å². The van der Waals surface area contributed by atoms with Crippen LogP contribution in [0.3, 0.4) is 0 Å². The summed E-state index contributed by atoms with van der Waals surface area (Å²) < 4.78 is 26.6. The van der Waals surface area contributed by atoms with Gasteiger partial charge in [-0.2, -0.15) is 0 Å². The molecule has 1 saturated heterocycles. The first-order valence-corrected chi connectivity index (χ1v) is 6.74. The Labute approximate surface area is 113 Å². The lowest BCUT2D eigenvalue weighted by Gasteiger charge is -2.16. The molecule has 2 N–H and O–H groups in total. The third kappa shape index (κ3) is 3.18. The van der Waals surface area contributed by atoms with E-state index >= 15 is 0 Å². The van der Waals surface area contributed by atoms with Crippen LogP contribution in [0.1, 0.15) is 24.3 Å². The number of alkyl halides is 2. The van der Waals surface area contributed by atoms with E-state index < -0.39 is 30.8 Å². The number of rotatable bonds is 3. The number of carbonyl (C=O) groups excluding carboxylic acids is 1. The molecular formula is C11H13ClF2N2OS. The van der Waals surface area contributed by atoms with Gasteiger partial charge in [-0.1, -0.05) is 11.6 Å². The molecule has 1 amide bonds. The van der Waals surface area contributed by atoms with Crippen molar-refractivity contribution in [1.82, 2.24) is 10.6 Å². The zero-order valence-corrected chi connectivity index (χ0v) is 11.2. The van der Waals surface area contributed by atoms with Crippen LogP contribution in [0.25, 0.3) is 0 Å². The van der Waals surface area contributed by atoms with Crippen LogP contribution in [-0.2, 0) is 4.79 Å². The molecular weight excluding hydrogens is 282 g/mol. The molecule has 1 aromatic heterocycles. The van der Waals surface area contributed by atoms with E-state index in [4.69, 9.17) is 11.6 Å². The van der Waals surface area contributed by atoms with E-state index in [1.54, 1.807) is 13.0 Å². The minimum absolute atomic E-state index is 0.231. The Morgan fingerprint density at radius 3 is 2.89 bits per heavy atom. The van der Waals surface area contributed by atoms with Gasteiger partial charge >= 0.3 is 0 Å². The molecule has 3 nitrogen and oxygen atoms in total. The fraction of sp³-hybridized carbons (Fsp3) is 0.545. The topological polar surface area (TPSA) is 41.1 Å². The zero-order valence-electron chi connectivity index (χ0n) is 9.67. The molecule has 2 atom stereocenters. The van der Waals surface area contributed by atoms with Crippen molar-refractivity contribution in [2.24, 2.45) is 0 Å². The quantitative estimate of drug-likeness (QED) is 0.900. The maximum Gasteiger partial charge on any atom is 0.262 e. The molecule has 0 aromatic carbocycles. The van der Waals surface area contributed by atoms with Crippen LogP contribution in [0.5, 0.6) is 0 Å². The zero-order chi connectivity index (χ0) is 13.3. The molecule has 1 aliphatic rings. The van der Waals surface area contributed by atoms with Crippen LogP contribution >= 0.6 is 22.9 Å². The van der Waals surface area contributed by atoms with Crippen molar-refractivity contribution in [3.05, 3.63) is 21.3 Å². The number of halogens is 3. The molecule has 0 saturated carbocycles. The van der Waals surface area contributed by atoms with Gasteiger partial charge < -0.3 is 5.32 Å². The smallest absolute Gasteiger partial charge is 0.262 e. The van der Waals surface area contributed by atoms with Gasteiger partial charge in [0.2, 0.25) is 5.91 Å². The summed E-state index contributed by atoms with van der Waals surface area (Å²) in [6, 6.07) is 2.50. The van der Waals surface area contributed by atoms with Crippen molar-refractivity contribution < 1.29 is 13.6 Å². The summed E-state index contributed by atoms with van der Waals surface area (Å²) in [5, 5.41) is 5.23. The molecule has 0 aliphatic carbocycles. The summed E-state index contributed by atoms with van der Waals surface area (Å²) in [6.45, 7) is 1.36. The van der Waals surface area contributed by atoms with E-state index in [1.807, 2.05) is 6.07 Å². The number of hydrogen-bond donors (Lipinski definition) is 2. The Morgan fingerprint density at radius 2 is 2.39 bits per heavy atom. The van der Waals surface area contributed by atoms with Crippen molar-refractivity contribution in [1.29, 1.82) is 0 Å². The highest BCUT2D eigenvalue weighted by atomic mass is 35.5. The van der Waals surface area contributed by atoms with E-state index in [-0.39, 0.29) is 6.04 Å². The number of hydrogen-bond acceptors (Lipinski definition) is 3. The van der Waals surface area contributed by atoms with E-state index in [0.717, 1.165) is 4.88 Å². The minimum atomic E-state index is -2.79. The molecule has 18 heavy (non-hydrogen) atoms. The Morgan fingerprint density at radius 1 is 1.67 bits per heavy atom. The van der Waals surface area contributed by atoms with Gasteiger partial charge in [-0.25, -0.2) is 8.78 Å². The average molecular weight is 295 g/mol.